The molecule has 2 amide bonds. The molecule has 7 heteroatoms. The van der Waals surface area contributed by atoms with E-state index in [1.807, 2.05) is 32.0 Å². The largest absolute Gasteiger partial charge is 0.493 e. The summed E-state index contributed by atoms with van der Waals surface area (Å²) in [6.07, 6.45) is 0. The molecule has 0 spiro atoms. The lowest BCUT2D eigenvalue weighted by Gasteiger charge is -2.15. The fourth-order valence-electron chi connectivity index (χ4n) is 2.33. The van der Waals surface area contributed by atoms with Crippen molar-refractivity contribution in [1.29, 1.82) is 0 Å². The second-order valence-electron chi connectivity index (χ2n) is 5.47. The van der Waals surface area contributed by atoms with Gasteiger partial charge in [0.05, 0.1) is 12.1 Å². The molecule has 0 bridgehead atoms. The number of para-hydroxylation sites is 1. The number of carbonyl (C=O) groups is 2. The lowest BCUT2D eigenvalue weighted by atomic mass is 10.1. The van der Waals surface area contributed by atoms with Crippen LogP contribution in [0.2, 0.25) is 5.02 Å². The zero-order valence-corrected chi connectivity index (χ0v) is 14.9. The van der Waals surface area contributed by atoms with E-state index in [0.717, 1.165) is 16.8 Å². The first-order chi connectivity index (χ1) is 11.8. The van der Waals surface area contributed by atoms with E-state index in [1.54, 1.807) is 0 Å². The summed E-state index contributed by atoms with van der Waals surface area (Å²) in [6, 6.07) is 8.69. The van der Waals surface area contributed by atoms with Crippen LogP contribution in [0.25, 0.3) is 0 Å². The number of rotatable bonds is 6. The molecule has 0 saturated heterocycles. The SMILES string of the molecule is COc1cc(C(=O)Nc2c(C)cccc2C)cc(Cl)c1OCC(N)=O. The fraction of sp³-hybridized carbons (Fsp3) is 0.222. The van der Waals surface area contributed by atoms with E-state index in [2.05, 4.69) is 5.32 Å². The number of hydrogen-bond acceptors (Lipinski definition) is 4. The van der Waals surface area contributed by atoms with Crippen molar-refractivity contribution in [2.45, 2.75) is 13.8 Å². The second kappa shape index (κ2) is 7.90. The van der Waals surface area contributed by atoms with Crippen molar-refractivity contribution in [3.05, 3.63) is 52.0 Å². The van der Waals surface area contributed by atoms with Crippen LogP contribution in [0.5, 0.6) is 11.5 Å². The molecule has 2 aromatic rings. The molecule has 0 aliphatic rings. The normalized spacial score (nSPS) is 10.2. The molecule has 0 atom stereocenters. The number of amides is 2. The minimum atomic E-state index is -0.644. The van der Waals surface area contributed by atoms with Gasteiger partial charge in [-0.3, -0.25) is 9.59 Å². The molecule has 0 unspecified atom stereocenters. The smallest absolute Gasteiger partial charge is 0.255 e. The van der Waals surface area contributed by atoms with Crippen molar-refractivity contribution in [3.8, 4) is 11.5 Å². The van der Waals surface area contributed by atoms with Crippen LogP contribution in [0.1, 0.15) is 21.5 Å². The second-order valence-corrected chi connectivity index (χ2v) is 5.87. The zero-order chi connectivity index (χ0) is 18.6. The lowest BCUT2D eigenvalue weighted by molar-refractivity contribution is -0.119. The summed E-state index contributed by atoms with van der Waals surface area (Å²) in [5.41, 5.74) is 8.01. The molecule has 25 heavy (non-hydrogen) atoms. The Hall–Kier alpha value is -2.73. The van der Waals surface area contributed by atoms with Crippen LogP contribution in [0, 0.1) is 13.8 Å². The summed E-state index contributed by atoms with van der Waals surface area (Å²) >= 11 is 6.17. The highest BCUT2D eigenvalue weighted by Gasteiger charge is 2.17. The molecule has 0 heterocycles. The first-order valence-electron chi connectivity index (χ1n) is 7.49. The number of primary amides is 1. The fourth-order valence-corrected chi connectivity index (χ4v) is 2.60. The van der Waals surface area contributed by atoms with Crippen molar-refractivity contribution in [3.63, 3.8) is 0 Å². The standard InChI is InChI=1S/C18H19ClN2O4/c1-10-5-4-6-11(2)16(10)21-18(23)12-7-13(19)17(14(8-12)24-3)25-9-15(20)22/h4-8H,9H2,1-3H3,(H2,20,22)(H,21,23). The first kappa shape index (κ1) is 18.6. The Morgan fingerprint density at radius 1 is 1.20 bits per heavy atom. The van der Waals surface area contributed by atoms with E-state index in [9.17, 15) is 9.59 Å². The highest BCUT2D eigenvalue weighted by molar-refractivity contribution is 6.32. The molecule has 0 aliphatic carbocycles. The van der Waals surface area contributed by atoms with Gasteiger partial charge in [0, 0.05) is 11.3 Å². The van der Waals surface area contributed by atoms with Crippen LogP contribution < -0.4 is 20.5 Å². The summed E-state index contributed by atoms with van der Waals surface area (Å²) in [6.45, 7) is 3.48. The summed E-state index contributed by atoms with van der Waals surface area (Å²) < 4.78 is 10.5. The van der Waals surface area contributed by atoms with Crippen molar-refractivity contribution in [2.24, 2.45) is 5.73 Å². The van der Waals surface area contributed by atoms with Crippen molar-refractivity contribution in [1.82, 2.24) is 0 Å². The first-order valence-corrected chi connectivity index (χ1v) is 7.87. The molecular weight excluding hydrogens is 344 g/mol. The minimum Gasteiger partial charge on any atom is -0.493 e. The van der Waals surface area contributed by atoms with Gasteiger partial charge in [-0.1, -0.05) is 29.8 Å². The van der Waals surface area contributed by atoms with E-state index in [1.165, 1.54) is 19.2 Å². The summed E-state index contributed by atoms with van der Waals surface area (Å²) in [5, 5.41) is 3.02. The maximum absolute atomic E-state index is 12.6. The molecule has 6 nitrogen and oxygen atoms in total. The predicted octanol–water partition coefficient (Wildman–Crippen LogP) is 3.08. The number of methoxy groups -OCH3 is 1. The highest BCUT2D eigenvalue weighted by Crippen LogP contribution is 2.36. The third-order valence-corrected chi connectivity index (χ3v) is 3.85. The number of carbonyl (C=O) groups excluding carboxylic acids is 2. The van der Waals surface area contributed by atoms with Gasteiger partial charge in [0.1, 0.15) is 0 Å². The van der Waals surface area contributed by atoms with E-state index < -0.39 is 5.91 Å². The number of nitrogens with one attached hydrogen (secondary N) is 1. The van der Waals surface area contributed by atoms with Gasteiger partial charge >= 0.3 is 0 Å². The molecule has 0 radical (unpaired) electrons. The lowest BCUT2D eigenvalue weighted by Crippen LogP contribution is -2.20. The summed E-state index contributed by atoms with van der Waals surface area (Å²) in [7, 11) is 1.41. The Morgan fingerprint density at radius 3 is 2.40 bits per heavy atom. The number of benzene rings is 2. The molecule has 132 valence electrons. The Morgan fingerprint density at radius 2 is 1.84 bits per heavy atom. The molecule has 0 saturated carbocycles. The van der Waals surface area contributed by atoms with Gasteiger partial charge in [-0.25, -0.2) is 0 Å². The molecule has 0 fully saturated rings. The van der Waals surface area contributed by atoms with Crippen molar-refractivity contribution >= 4 is 29.1 Å². The van der Waals surface area contributed by atoms with Gasteiger partial charge in [0.25, 0.3) is 11.8 Å². The monoisotopic (exact) mass is 362 g/mol. The number of halogens is 1. The number of ether oxygens (including phenoxy) is 2. The van der Waals surface area contributed by atoms with Crippen molar-refractivity contribution in [2.75, 3.05) is 19.0 Å². The maximum atomic E-state index is 12.6. The van der Waals surface area contributed by atoms with Crippen LogP contribution in [0.15, 0.2) is 30.3 Å². The minimum absolute atomic E-state index is 0.146. The molecular formula is C18H19ClN2O4. The number of hydrogen-bond donors (Lipinski definition) is 2. The summed E-state index contributed by atoms with van der Waals surface area (Å²) in [4.78, 5) is 23.5. The van der Waals surface area contributed by atoms with E-state index in [0.29, 0.717) is 5.56 Å². The van der Waals surface area contributed by atoms with Gasteiger partial charge in [0.15, 0.2) is 18.1 Å². The molecule has 3 N–H and O–H groups in total. The Labute approximate surface area is 150 Å². The Kier molecular flexibility index (Phi) is 5.88. The molecule has 0 aliphatic heterocycles. The Balaban J connectivity index is 2.31. The van der Waals surface area contributed by atoms with Crippen molar-refractivity contribution < 1.29 is 19.1 Å². The maximum Gasteiger partial charge on any atom is 0.255 e. The van der Waals surface area contributed by atoms with Crippen LogP contribution >= 0.6 is 11.6 Å². The van der Waals surface area contributed by atoms with Gasteiger partial charge in [-0.05, 0) is 37.1 Å². The van der Waals surface area contributed by atoms with Crippen LogP contribution in [0.4, 0.5) is 5.69 Å². The van der Waals surface area contributed by atoms with Gasteiger partial charge in [-0.15, -0.1) is 0 Å². The third-order valence-electron chi connectivity index (χ3n) is 3.57. The molecule has 2 aromatic carbocycles. The van der Waals surface area contributed by atoms with Crippen LogP contribution in [-0.4, -0.2) is 25.5 Å². The average Bonchev–Trinajstić information content (AvgIpc) is 2.56. The summed E-state index contributed by atoms with van der Waals surface area (Å²) in [5.74, 6) is -0.582. The number of anilines is 1. The zero-order valence-electron chi connectivity index (χ0n) is 14.2. The van der Waals surface area contributed by atoms with Gasteiger partial charge < -0.3 is 20.5 Å². The predicted molar refractivity (Wildman–Crippen MR) is 96.6 cm³/mol. The quantitative estimate of drug-likeness (QED) is 0.826. The Bertz CT molecular complexity index is 801. The van der Waals surface area contributed by atoms with Gasteiger partial charge in [0.2, 0.25) is 0 Å². The van der Waals surface area contributed by atoms with E-state index in [-0.39, 0.29) is 29.0 Å². The van der Waals surface area contributed by atoms with Crippen LogP contribution in [0.3, 0.4) is 0 Å². The van der Waals surface area contributed by atoms with E-state index >= 15 is 0 Å². The van der Waals surface area contributed by atoms with E-state index in [4.69, 9.17) is 26.8 Å². The number of aryl methyl sites for hydroxylation is 2. The van der Waals surface area contributed by atoms with Gasteiger partial charge in [-0.2, -0.15) is 0 Å². The number of nitrogens with two attached hydrogens (primary N) is 1. The topological polar surface area (TPSA) is 90.7 Å². The average molecular weight is 363 g/mol. The highest BCUT2D eigenvalue weighted by atomic mass is 35.5. The molecule has 0 aromatic heterocycles. The van der Waals surface area contributed by atoms with Crippen LogP contribution in [-0.2, 0) is 4.79 Å². The third kappa shape index (κ3) is 4.42. The molecule has 2 rings (SSSR count).